The Labute approximate surface area is 91.9 Å². The third-order valence-corrected chi connectivity index (χ3v) is 1.98. The van der Waals surface area contributed by atoms with Crippen LogP contribution in [0.5, 0.6) is 0 Å². The molecule has 0 atom stereocenters. The van der Waals surface area contributed by atoms with Crippen LogP contribution in [0.2, 0.25) is 0 Å². The second kappa shape index (κ2) is 5.58. The van der Waals surface area contributed by atoms with Gasteiger partial charge in [0.1, 0.15) is 5.82 Å². The summed E-state index contributed by atoms with van der Waals surface area (Å²) >= 11 is 0. The van der Waals surface area contributed by atoms with Crippen molar-refractivity contribution in [3.63, 3.8) is 0 Å². The van der Waals surface area contributed by atoms with Gasteiger partial charge in [0, 0.05) is 30.9 Å². The van der Waals surface area contributed by atoms with Gasteiger partial charge < -0.3 is 11.1 Å². The van der Waals surface area contributed by atoms with Crippen molar-refractivity contribution in [1.29, 1.82) is 0 Å². The van der Waals surface area contributed by atoms with E-state index in [9.17, 15) is 13.2 Å². The van der Waals surface area contributed by atoms with E-state index in [2.05, 4.69) is 10.3 Å². The van der Waals surface area contributed by atoms with Crippen LogP contribution < -0.4 is 11.1 Å². The van der Waals surface area contributed by atoms with Gasteiger partial charge in [-0.2, -0.15) is 13.2 Å². The Hall–Kier alpha value is -1.46. The van der Waals surface area contributed by atoms with E-state index < -0.39 is 12.6 Å². The van der Waals surface area contributed by atoms with E-state index in [1.54, 1.807) is 18.3 Å². The summed E-state index contributed by atoms with van der Waals surface area (Å²) in [6, 6.07) is 3.29. The van der Waals surface area contributed by atoms with Crippen molar-refractivity contribution in [2.24, 2.45) is 0 Å². The molecule has 0 bridgehead atoms. The molecule has 0 saturated carbocycles. The van der Waals surface area contributed by atoms with Crippen LogP contribution in [0.15, 0.2) is 18.3 Å². The van der Waals surface area contributed by atoms with Crippen LogP contribution in [0.1, 0.15) is 19.3 Å². The van der Waals surface area contributed by atoms with Crippen LogP contribution in [-0.2, 0) is 0 Å². The molecule has 0 unspecified atom stereocenters. The normalized spacial score (nSPS) is 11.4. The lowest BCUT2D eigenvalue weighted by Crippen LogP contribution is -2.09. The first-order valence-corrected chi connectivity index (χ1v) is 4.99. The number of nitrogen functional groups attached to an aromatic ring is 1. The molecule has 1 aromatic rings. The number of nitrogens with two attached hydrogens (primary N) is 1. The number of nitrogens with zero attached hydrogens (tertiary/aromatic N) is 1. The summed E-state index contributed by atoms with van der Waals surface area (Å²) in [5, 5.41) is 2.91. The van der Waals surface area contributed by atoms with Gasteiger partial charge in [-0.05, 0) is 18.9 Å². The van der Waals surface area contributed by atoms with E-state index in [1.807, 2.05) is 0 Å². The fourth-order valence-corrected chi connectivity index (χ4v) is 1.21. The van der Waals surface area contributed by atoms with Gasteiger partial charge in [0.2, 0.25) is 0 Å². The van der Waals surface area contributed by atoms with Crippen molar-refractivity contribution in [1.82, 2.24) is 4.98 Å². The zero-order valence-electron chi connectivity index (χ0n) is 8.72. The zero-order chi connectivity index (χ0) is 12.0. The summed E-state index contributed by atoms with van der Waals surface area (Å²) in [6.07, 6.45) is -2.67. The smallest absolute Gasteiger partial charge is 0.389 e. The molecule has 0 aromatic carbocycles. The lowest BCUT2D eigenvalue weighted by atomic mass is 10.2. The molecule has 0 radical (unpaired) electrons. The number of unbranched alkanes of at least 4 members (excludes halogenated alkanes) is 1. The summed E-state index contributed by atoms with van der Waals surface area (Å²) in [5.41, 5.74) is 6.09. The molecule has 0 saturated heterocycles. The third-order valence-electron chi connectivity index (χ3n) is 1.98. The lowest BCUT2D eigenvalue weighted by Gasteiger charge is -2.07. The molecule has 6 heteroatoms. The number of rotatable bonds is 5. The highest BCUT2D eigenvalue weighted by Gasteiger charge is 2.25. The number of hydrogen-bond donors (Lipinski definition) is 2. The predicted octanol–water partition coefficient (Wildman–Crippen LogP) is 2.81. The number of anilines is 2. The minimum Gasteiger partial charge on any atom is -0.399 e. The van der Waals surface area contributed by atoms with E-state index in [4.69, 9.17) is 5.73 Å². The number of alkyl halides is 3. The minimum atomic E-state index is -4.06. The van der Waals surface area contributed by atoms with Crippen molar-refractivity contribution in [2.75, 3.05) is 17.6 Å². The molecule has 0 fully saturated rings. The highest BCUT2D eigenvalue weighted by molar-refractivity contribution is 5.48. The zero-order valence-corrected chi connectivity index (χ0v) is 8.72. The quantitative estimate of drug-likeness (QED) is 0.769. The molecule has 90 valence electrons. The van der Waals surface area contributed by atoms with Crippen LogP contribution >= 0.6 is 0 Å². The van der Waals surface area contributed by atoms with E-state index in [0.717, 1.165) is 0 Å². The van der Waals surface area contributed by atoms with Crippen molar-refractivity contribution >= 4 is 11.5 Å². The molecular formula is C10H14F3N3. The molecule has 3 N–H and O–H groups in total. The molecule has 0 spiro atoms. The van der Waals surface area contributed by atoms with Crippen LogP contribution in [0.4, 0.5) is 24.7 Å². The Morgan fingerprint density at radius 3 is 2.69 bits per heavy atom. The maximum absolute atomic E-state index is 11.8. The fourth-order valence-electron chi connectivity index (χ4n) is 1.21. The van der Waals surface area contributed by atoms with Gasteiger partial charge in [-0.15, -0.1) is 0 Å². The van der Waals surface area contributed by atoms with E-state index >= 15 is 0 Å². The standard InChI is InChI=1S/C10H14F3N3/c11-10(12,13)4-1-2-5-15-9-7-8(14)3-6-16-9/h3,6-7H,1-2,4-5H2,(H3,14,15,16). The topological polar surface area (TPSA) is 50.9 Å². The van der Waals surface area contributed by atoms with Gasteiger partial charge in [0.25, 0.3) is 0 Å². The summed E-state index contributed by atoms with van der Waals surface area (Å²) in [6.45, 7) is 0.465. The first-order valence-electron chi connectivity index (χ1n) is 4.99. The third kappa shape index (κ3) is 5.43. The molecule has 16 heavy (non-hydrogen) atoms. The number of pyridine rings is 1. The average molecular weight is 233 g/mol. The Morgan fingerprint density at radius 1 is 1.31 bits per heavy atom. The molecule has 0 amide bonds. The van der Waals surface area contributed by atoms with Crippen molar-refractivity contribution < 1.29 is 13.2 Å². The van der Waals surface area contributed by atoms with Crippen molar-refractivity contribution in [3.8, 4) is 0 Å². The van der Waals surface area contributed by atoms with Crippen LogP contribution in [-0.4, -0.2) is 17.7 Å². The summed E-state index contributed by atoms with van der Waals surface area (Å²) < 4.78 is 35.4. The van der Waals surface area contributed by atoms with E-state index in [1.165, 1.54) is 0 Å². The van der Waals surface area contributed by atoms with Gasteiger partial charge in [-0.3, -0.25) is 0 Å². The van der Waals surface area contributed by atoms with E-state index in [0.29, 0.717) is 24.5 Å². The molecule has 1 rings (SSSR count). The monoisotopic (exact) mass is 233 g/mol. The average Bonchev–Trinajstić information content (AvgIpc) is 2.15. The lowest BCUT2D eigenvalue weighted by molar-refractivity contribution is -0.135. The van der Waals surface area contributed by atoms with Gasteiger partial charge in [0.15, 0.2) is 0 Å². The number of halogens is 3. The Morgan fingerprint density at radius 2 is 2.06 bits per heavy atom. The second-order valence-electron chi connectivity index (χ2n) is 3.47. The van der Waals surface area contributed by atoms with Gasteiger partial charge in [-0.1, -0.05) is 0 Å². The predicted molar refractivity (Wildman–Crippen MR) is 57.0 cm³/mol. The summed E-state index contributed by atoms with van der Waals surface area (Å²) in [7, 11) is 0. The molecule has 0 aliphatic heterocycles. The van der Waals surface area contributed by atoms with Gasteiger partial charge in [-0.25, -0.2) is 4.98 Å². The highest BCUT2D eigenvalue weighted by Crippen LogP contribution is 2.22. The maximum atomic E-state index is 11.8. The minimum absolute atomic E-state index is 0.124. The maximum Gasteiger partial charge on any atom is 0.389 e. The molecule has 0 aliphatic rings. The second-order valence-corrected chi connectivity index (χ2v) is 3.47. The SMILES string of the molecule is Nc1ccnc(NCCCCC(F)(F)F)c1. The summed E-state index contributed by atoms with van der Waals surface area (Å²) in [4.78, 5) is 3.97. The van der Waals surface area contributed by atoms with Crippen LogP contribution in [0, 0.1) is 0 Å². The van der Waals surface area contributed by atoms with Crippen LogP contribution in [0.3, 0.4) is 0 Å². The van der Waals surface area contributed by atoms with Crippen molar-refractivity contribution in [3.05, 3.63) is 18.3 Å². The Balaban J connectivity index is 2.17. The van der Waals surface area contributed by atoms with Crippen molar-refractivity contribution in [2.45, 2.75) is 25.4 Å². The van der Waals surface area contributed by atoms with Gasteiger partial charge in [0.05, 0.1) is 0 Å². The van der Waals surface area contributed by atoms with Crippen LogP contribution in [0.25, 0.3) is 0 Å². The molecular weight excluding hydrogens is 219 g/mol. The number of hydrogen-bond acceptors (Lipinski definition) is 3. The number of nitrogens with one attached hydrogen (secondary N) is 1. The molecule has 1 heterocycles. The molecule has 1 aromatic heterocycles. The molecule has 3 nitrogen and oxygen atoms in total. The Kier molecular flexibility index (Phi) is 4.39. The first-order chi connectivity index (χ1) is 7.47. The van der Waals surface area contributed by atoms with Gasteiger partial charge >= 0.3 is 6.18 Å². The Bertz CT molecular complexity index is 325. The first kappa shape index (κ1) is 12.6. The van der Waals surface area contributed by atoms with E-state index in [-0.39, 0.29) is 6.42 Å². The molecule has 0 aliphatic carbocycles. The summed E-state index contributed by atoms with van der Waals surface area (Å²) in [5.74, 6) is 0.590. The highest BCUT2D eigenvalue weighted by atomic mass is 19.4. The largest absolute Gasteiger partial charge is 0.399 e. The fraction of sp³-hybridized carbons (Fsp3) is 0.500. The number of aromatic nitrogens is 1.